The van der Waals surface area contributed by atoms with Crippen molar-refractivity contribution >= 4 is 17.6 Å². The Morgan fingerprint density at radius 1 is 1.33 bits per heavy atom. The number of alkyl halides is 2. The molecule has 27 heavy (non-hydrogen) atoms. The van der Waals surface area contributed by atoms with E-state index in [1.807, 2.05) is 0 Å². The lowest BCUT2D eigenvalue weighted by Crippen LogP contribution is -2.39. The molecule has 1 aliphatic rings. The van der Waals surface area contributed by atoms with Gasteiger partial charge in [-0.1, -0.05) is 18.5 Å². The van der Waals surface area contributed by atoms with E-state index in [4.69, 9.17) is 11.6 Å². The molecule has 0 aliphatic carbocycles. The average molecular weight is 403 g/mol. The molecule has 2 rings (SSSR count). The highest BCUT2D eigenvalue weighted by molar-refractivity contribution is 6.30. The molecular weight excluding hydrogens is 374 g/mol. The molecule has 0 spiro atoms. The maximum Gasteiger partial charge on any atom is 0.387 e. The lowest BCUT2D eigenvalue weighted by Gasteiger charge is -2.31. The summed E-state index contributed by atoms with van der Waals surface area (Å²) in [4.78, 5) is 6.67. The van der Waals surface area contributed by atoms with Gasteiger partial charge in [0.1, 0.15) is 5.75 Å². The van der Waals surface area contributed by atoms with Crippen molar-refractivity contribution in [3.05, 3.63) is 28.8 Å². The first-order valence-corrected chi connectivity index (χ1v) is 9.79. The van der Waals surface area contributed by atoms with Gasteiger partial charge >= 0.3 is 6.61 Å². The number of hydrogen-bond acceptors (Lipinski definition) is 3. The molecule has 1 heterocycles. The van der Waals surface area contributed by atoms with Gasteiger partial charge in [0.15, 0.2) is 5.96 Å². The van der Waals surface area contributed by atoms with Crippen molar-refractivity contribution in [1.82, 2.24) is 15.5 Å². The maximum absolute atomic E-state index is 12.5. The minimum absolute atomic E-state index is 0.111. The van der Waals surface area contributed by atoms with Crippen molar-refractivity contribution < 1.29 is 13.5 Å². The van der Waals surface area contributed by atoms with Crippen LogP contribution in [0.15, 0.2) is 23.2 Å². The predicted molar refractivity (Wildman–Crippen MR) is 106 cm³/mol. The van der Waals surface area contributed by atoms with E-state index in [2.05, 4.69) is 32.2 Å². The molecule has 152 valence electrons. The molecule has 1 saturated heterocycles. The second-order valence-corrected chi connectivity index (χ2v) is 7.09. The van der Waals surface area contributed by atoms with E-state index < -0.39 is 6.61 Å². The Kier molecular flexibility index (Phi) is 9.07. The second kappa shape index (κ2) is 11.3. The first-order valence-electron chi connectivity index (χ1n) is 9.42. The number of hydrogen-bond donors (Lipinski definition) is 2. The Bertz CT molecular complexity index is 607. The fourth-order valence-corrected chi connectivity index (χ4v) is 3.48. The van der Waals surface area contributed by atoms with Gasteiger partial charge in [0.2, 0.25) is 0 Å². The number of halogens is 3. The Labute approximate surface area is 165 Å². The van der Waals surface area contributed by atoms with Crippen LogP contribution in [0.4, 0.5) is 8.78 Å². The van der Waals surface area contributed by atoms with Gasteiger partial charge in [0, 0.05) is 30.7 Å². The SMILES string of the molecule is CCN1CCC(CCNC(=NC)NCc2cc(Cl)ccc2OC(F)F)CC1. The molecule has 8 heteroatoms. The number of likely N-dealkylation sites (tertiary alicyclic amines) is 1. The minimum Gasteiger partial charge on any atom is -0.434 e. The lowest BCUT2D eigenvalue weighted by molar-refractivity contribution is -0.0504. The number of piperidine rings is 1. The molecular formula is C19H29ClF2N4O. The third kappa shape index (κ3) is 7.50. The van der Waals surface area contributed by atoms with E-state index in [0.717, 1.165) is 25.4 Å². The summed E-state index contributed by atoms with van der Waals surface area (Å²) >= 11 is 5.97. The predicted octanol–water partition coefficient (Wildman–Crippen LogP) is 3.73. The van der Waals surface area contributed by atoms with Crippen LogP contribution in [0.1, 0.15) is 31.7 Å². The molecule has 2 N–H and O–H groups in total. The van der Waals surface area contributed by atoms with E-state index in [0.29, 0.717) is 16.5 Å². The van der Waals surface area contributed by atoms with E-state index in [1.54, 1.807) is 13.1 Å². The Hall–Kier alpha value is -1.60. The van der Waals surface area contributed by atoms with E-state index in [1.165, 1.54) is 38.1 Å². The number of guanidine groups is 1. The topological polar surface area (TPSA) is 48.9 Å². The molecule has 1 aromatic rings. The Morgan fingerprint density at radius 2 is 2.07 bits per heavy atom. The second-order valence-electron chi connectivity index (χ2n) is 6.65. The first-order chi connectivity index (χ1) is 13.0. The van der Waals surface area contributed by atoms with Crippen molar-refractivity contribution in [2.75, 3.05) is 33.2 Å². The molecule has 1 aliphatic heterocycles. The summed E-state index contributed by atoms with van der Waals surface area (Å²) in [6, 6.07) is 4.59. The van der Waals surface area contributed by atoms with E-state index in [-0.39, 0.29) is 12.3 Å². The van der Waals surface area contributed by atoms with Crippen molar-refractivity contribution in [2.24, 2.45) is 10.9 Å². The molecule has 1 aromatic carbocycles. The van der Waals surface area contributed by atoms with Crippen LogP contribution in [0.2, 0.25) is 5.02 Å². The van der Waals surface area contributed by atoms with Crippen LogP contribution >= 0.6 is 11.6 Å². The molecule has 0 amide bonds. The fourth-order valence-electron chi connectivity index (χ4n) is 3.28. The van der Waals surface area contributed by atoms with Gasteiger partial charge in [0.05, 0.1) is 0 Å². The summed E-state index contributed by atoms with van der Waals surface area (Å²) in [6.45, 7) is 3.92. The van der Waals surface area contributed by atoms with Crippen molar-refractivity contribution in [2.45, 2.75) is 39.3 Å². The zero-order valence-corrected chi connectivity index (χ0v) is 16.7. The van der Waals surface area contributed by atoms with Crippen LogP contribution in [0, 0.1) is 5.92 Å². The normalized spacial score (nSPS) is 16.6. The molecule has 0 saturated carbocycles. The summed E-state index contributed by atoms with van der Waals surface area (Å²) in [5.74, 6) is 1.47. The minimum atomic E-state index is -2.87. The van der Waals surface area contributed by atoms with Crippen LogP contribution in [0.25, 0.3) is 0 Å². The van der Waals surface area contributed by atoms with Crippen LogP contribution in [-0.4, -0.2) is 50.7 Å². The largest absolute Gasteiger partial charge is 0.434 e. The molecule has 0 aromatic heterocycles. The monoisotopic (exact) mass is 402 g/mol. The van der Waals surface area contributed by atoms with Gasteiger partial charge in [-0.05, 0) is 63.0 Å². The number of aliphatic imine (C=N–C) groups is 1. The van der Waals surface area contributed by atoms with Gasteiger partial charge in [-0.3, -0.25) is 4.99 Å². The zero-order chi connectivity index (χ0) is 19.6. The lowest BCUT2D eigenvalue weighted by atomic mass is 9.93. The maximum atomic E-state index is 12.5. The van der Waals surface area contributed by atoms with Gasteiger partial charge < -0.3 is 20.3 Å². The number of nitrogens with one attached hydrogen (secondary N) is 2. The highest BCUT2D eigenvalue weighted by atomic mass is 35.5. The quantitative estimate of drug-likeness (QED) is 0.514. The highest BCUT2D eigenvalue weighted by Gasteiger charge is 2.17. The van der Waals surface area contributed by atoms with E-state index >= 15 is 0 Å². The van der Waals surface area contributed by atoms with Gasteiger partial charge in [-0.25, -0.2) is 0 Å². The number of ether oxygens (including phenoxy) is 1. The molecule has 0 radical (unpaired) electrons. The Morgan fingerprint density at radius 3 is 2.70 bits per heavy atom. The zero-order valence-electron chi connectivity index (χ0n) is 16.0. The number of nitrogens with zero attached hydrogens (tertiary/aromatic N) is 2. The van der Waals surface area contributed by atoms with Gasteiger partial charge in [-0.15, -0.1) is 0 Å². The third-order valence-electron chi connectivity index (χ3n) is 4.91. The summed E-state index contributed by atoms with van der Waals surface area (Å²) < 4.78 is 29.6. The standard InChI is InChI=1S/C19H29ClF2N4O/c1-3-26-10-7-14(8-11-26)6-9-24-19(23-2)25-13-15-12-16(20)4-5-17(15)27-18(21)22/h4-5,12,14,18H,3,6-11,13H2,1-2H3,(H2,23,24,25). The molecule has 0 unspecified atom stereocenters. The van der Waals surface area contributed by atoms with Gasteiger partial charge in [0.25, 0.3) is 0 Å². The number of rotatable bonds is 8. The van der Waals surface area contributed by atoms with Crippen LogP contribution in [0.5, 0.6) is 5.75 Å². The smallest absolute Gasteiger partial charge is 0.387 e. The summed E-state index contributed by atoms with van der Waals surface area (Å²) in [7, 11) is 1.68. The van der Waals surface area contributed by atoms with Crippen LogP contribution in [-0.2, 0) is 6.54 Å². The molecule has 1 fully saturated rings. The summed E-state index contributed by atoms with van der Waals surface area (Å²) in [5, 5.41) is 6.89. The third-order valence-corrected chi connectivity index (χ3v) is 5.14. The van der Waals surface area contributed by atoms with Crippen LogP contribution < -0.4 is 15.4 Å². The van der Waals surface area contributed by atoms with Gasteiger partial charge in [-0.2, -0.15) is 8.78 Å². The average Bonchev–Trinajstić information content (AvgIpc) is 2.66. The molecule has 5 nitrogen and oxygen atoms in total. The number of benzene rings is 1. The summed E-state index contributed by atoms with van der Waals surface area (Å²) in [5.41, 5.74) is 0.553. The Balaban J connectivity index is 1.78. The van der Waals surface area contributed by atoms with Crippen LogP contribution in [0.3, 0.4) is 0 Å². The van der Waals surface area contributed by atoms with Crippen molar-refractivity contribution in [3.8, 4) is 5.75 Å². The summed E-state index contributed by atoms with van der Waals surface area (Å²) in [6.07, 6.45) is 3.56. The molecule has 0 bridgehead atoms. The van der Waals surface area contributed by atoms with Crippen molar-refractivity contribution in [3.63, 3.8) is 0 Å². The first kappa shape index (κ1) is 21.7. The highest BCUT2D eigenvalue weighted by Crippen LogP contribution is 2.24. The van der Waals surface area contributed by atoms with E-state index in [9.17, 15) is 8.78 Å². The fraction of sp³-hybridized carbons (Fsp3) is 0.632. The molecule has 0 atom stereocenters. The van der Waals surface area contributed by atoms with Crippen molar-refractivity contribution in [1.29, 1.82) is 0 Å².